The highest BCUT2D eigenvalue weighted by Gasteiger charge is 2.22. The van der Waals surface area contributed by atoms with Crippen LogP contribution >= 0.6 is 22.9 Å². The summed E-state index contributed by atoms with van der Waals surface area (Å²) in [6.45, 7) is 2.35. The molecule has 2 rings (SSSR count). The molecule has 1 aliphatic heterocycles. The van der Waals surface area contributed by atoms with Crippen molar-refractivity contribution in [3.05, 3.63) is 15.5 Å². The summed E-state index contributed by atoms with van der Waals surface area (Å²) in [5.74, 6) is 0.667. The average Bonchev–Trinajstić information content (AvgIpc) is 2.58. The second kappa shape index (κ2) is 3.32. The summed E-state index contributed by atoms with van der Waals surface area (Å²) >= 11 is 7.38. The molecule has 0 bridgehead atoms. The molecule has 0 aliphatic carbocycles. The second-order valence-corrected chi connectivity index (χ2v) is 4.91. The van der Waals surface area contributed by atoms with Gasteiger partial charge in [-0.2, -0.15) is 0 Å². The van der Waals surface area contributed by atoms with Gasteiger partial charge in [-0.3, -0.25) is 0 Å². The maximum absolute atomic E-state index is 5.77. The number of likely N-dealkylation sites (tertiary alicyclic amines) is 1. The smallest absolute Gasteiger partial charge is 0.183 e. The third-order valence-corrected chi connectivity index (χ3v) is 3.57. The van der Waals surface area contributed by atoms with Crippen LogP contribution in [0.3, 0.4) is 0 Å². The van der Waals surface area contributed by atoms with Crippen LogP contribution < -0.4 is 0 Å². The Bertz CT molecular complexity index is 274. The summed E-state index contributed by atoms with van der Waals surface area (Å²) < 4.78 is 0.666. The van der Waals surface area contributed by atoms with E-state index in [2.05, 4.69) is 16.9 Å². The molecular formula is C8H11ClN2S. The van der Waals surface area contributed by atoms with Gasteiger partial charge in [-0.15, -0.1) is 11.3 Å². The summed E-state index contributed by atoms with van der Waals surface area (Å²) in [5, 5.41) is 0. The molecule has 4 heteroatoms. The quantitative estimate of drug-likeness (QED) is 0.695. The van der Waals surface area contributed by atoms with Gasteiger partial charge in [0.05, 0.1) is 0 Å². The Kier molecular flexibility index (Phi) is 2.35. The van der Waals surface area contributed by atoms with Crippen LogP contribution in [-0.2, 0) is 0 Å². The Balaban J connectivity index is 2.11. The van der Waals surface area contributed by atoms with Crippen molar-refractivity contribution >= 4 is 22.9 Å². The molecule has 1 aromatic heterocycles. The van der Waals surface area contributed by atoms with Gasteiger partial charge in [0.1, 0.15) is 0 Å². The van der Waals surface area contributed by atoms with Gasteiger partial charge in [0.25, 0.3) is 0 Å². The molecule has 1 atom stereocenters. The zero-order valence-electron chi connectivity index (χ0n) is 6.96. The highest BCUT2D eigenvalue weighted by Crippen LogP contribution is 2.31. The zero-order valence-corrected chi connectivity index (χ0v) is 8.53. The monoisotopic (exact) mass is 202 g/mol. The maximum atomic E-state index is 5.77. The lowest BCUT2D eigenvalue weighted by molar-refractivity contribution is 0.412. The van der Waals surface area contributed by atoms with Crippen LogP contribution in [0.25, 0.3) is 0 Å². The third-order valence-electron chi connectivity index (χ3n) is 2.29. The Labute approximate surface area is 81.2 Å². The van der Waals surface area contributed by atoms with Gasteiger partial charge >= 0.3 is 0 Å². The van der Waals surface area contributed by atoms with Gasteiger partial charge in [0.15, 0.2) is 4.47 Å². The first-order chi connectivity index (χ1) is 5.75. The standard InChI is InChI=1S/C8H11ClN2S/c1-11-3-2-6(5-11)7-4-10-8(9)12-7/h4,6H,2-3,5H2,1H3. The lowest BCUT2D eigenvalue weighted by Gasteiger charge is -2.06. The topological polar surface area (TPSA) is 16.1 Å². The van der Waals surface area contributed by atoms with Crippen LogP contribution in [0.5, 0.6) is 0 Å². The van der Waals surface area contributed by atoms with E-state index in [0.29, 0.717) is 10.4 Å². The fourth-order valence-electron chi connectivity index (χ4n) is 1.62. The summed E-state index contributed by atoms with van der Waals surface area (Å²) in [7, 11) is 2.16. The van der Waals surface area contributed by atoms with E-state index in [0.717, 1.165) is 6.54 Å². The van der Waals surface area contributed by atoms with Crippen molar-refractivity contribution in [1.29, 1.82) is 0 Å². The summed E-state index contributed by atoms with van der Waals surface area (Å²) in [5.41, 5.74) is 0. The molecule has 2 nitrogen and oxygen atoms in total. The normalized spacial score (nSPS) is 25.0. The van der Waals surface area contributed by atoms with Crippen molar-refractivity contribution in [3.63, 3.8) is 0 Å². The molecule has 1 unspecified atom stereocenters. The lowest BCUT2D eigenvalue weighted by Crippen LogP contribution is -2.12. The van der Waals surface area contributed by atoms with Crippen molar-refractivity contribution in [2.45, 2.75) is 12.3 Å². The minimum Gasteiger partial charge on any atom is -0.306 e. The highest BCUT2D eigenvalue weighted by molar-refractivity contribution is 7.15. The predicted octanol–water partition coefficient (Wildman–Crippen LogP) is 2.22. The molecule has 1 aliphatic rings. The van der Waals surface area contributed by atoms with E-state index in [4.69, 9.17) is 11.6 Å². The second-order valence-electron chi connectivity index (χ2n) is 3.26. The van der Waals surface area contributed by atoms with Crippen molar-refractivity contribution in [2.24, 2.45) is 0 Å². The van der Waals surface area contributed by atoms with Gasteiger partial charge in [-0.1, -0.05) is 11.6 Å². The first kappa shape index (κ1) is 8.48. The van der Waals surface area contributed by atoms with Gasteiger partial charge in [0.2, 0.25) is 0 Å². The molecule has 1 aromatic rings. The Morgan fingerprint density at radius 3 is 3.08 bits per heavy atom. The van der Waals surface area contributed by atoms with Crippen molar-refractivity contribution in [2.75, 3.05) is 20.1 Å². The zero-order chi connectivity index (χ0) is 8.55. The number of likely N-dealkylation sites (N-methyl/N-ethyl adjacent to an activating group) is 1. The maximum Gasteiger partial charge on any atom is 0.183 e. The Morgan fingerprint density at radius 2 is 2.58 bits per heavy atom. The van der Waals surface area contributed by atoms with Gasteiger partial charge < -0.3 is 4.90 Å². The van der Waals surface area contributed by atoms with Gasteiger partial charge in [-0.05, 0) is 20.0 Å². The van der Waals surface area contributed by atoms with Crippen LogP contribution in [0.2, 0.25) is 4.47 Å². The molecule has 0 N–H and O–H groups in total. The van der Waals surface area contributed by atoms with Crippen molar-refractivity contribution < 1.29 is 0 Å². The molecule has 12 heavy (non-hydrogen) atoms. The molecule has 0 radical (unpaired) electrons. The Morgan fingerprint density at radius 1 is 1.75 bits per heavy atom. The van der Waals surface area contributed by atoms with E-state index in [1.807, 2.05) is 6.20 Å². The first-order valence-electron chi connectivity index (χ1n) is 4.05. The predicted molar refractivity (Wildman–Crippen MR) is 52.0 cm³/mol. The molecule has 0 aromatic carbocycles. The number of rotatable bonds is 1. The minimum absolute atomic E-state index is 0.666. The van der Waals surface area contributed by atoms with Crippen LogP contribution in [0.4, 0.5) is 0 Å². The molecule has 0 spiro atoms. The average molecular weight is 203 g/mol. The van der Waals surface area contributed by atoms with E-state index in [1.165, 1.54) is 17.8 Å². The van der Waals surface area contributed by atoms with Crippen molar-refractivity contribution in [1.82, 2.24) is 9.88 Å². The molecule has 1 fully saturated rings. The molecule has 0 saturated carbocycles. The van der Waals surface area contributed by atoms with E-state index in [1.54, 1.807) is 11.3 Å². The van der Waals surface area contributed by atoms with Crippen LogP contribution in [0.1, 0.15) is 17.2 Å². The largest absolute Gasteiger partial charge is 0.306 e. The number of aromatic nitrogens is 1. The highest BCUT2D eigenvalue weighted by atomic mass is 35.5. The number of hydrogen-bond acceptors (Lipinski definition) is 3. The van der Waals surface area contributed by atoms with Crippen LogP contribution in [0.15, 0.2) is 6.20 Å². The fraction of sp³-hybridized carbons (Fsp3) is 0.625. The van der Waals surface area contributed by atoms with E-state index >= 15 is 0 Å². The number of nitrogens with zero attached hydrogens (tertiary/aromatic N) is 2. The summed E-state index contributed by atoms with van der Waals surface area (Å²) in [6, 6.07) is 0. The number of halogens is 1. The molecule has 2 heterocycles. The molecule has 1 saturated heterocycles. The SMILES string of the molecule is CN1CCC(c2cnc(Cl)s2)C1. The lowest BCUT2D eigenvalue weighted by atomic mass is 10.1. The summed E-state index contributed by atoms with van der Waals surface area (Å²) in [4.78, 5) is 7.73. The van der Waals surface area contributed by atoms with Crippen LogP contribution in [-0.4, -0.2) is 30.0 Å². The van der Waals surface area contributed by atoms with E-state index in [9.17, 15) is 0 Å². The van der Waals surface area contributed by atoms with Gasteiger partial charge in [0, 0.05) is 23.5 Å². The van der Waals surface area contributed by atoms with E-state index < -0.39 is 0 Å². The fourth-order valence-corrected chi connectivity index (χ4v) is 2.70. The number of thiazole rings is 1. The molecular weight excluding hydrogens is 192 g/mol. The Hall–Kier alpha value is -0.120. The third kappa shape index (κ3) is 1.63. The van der Waals surface area contributed by atoms with Gasteiger partial charge in [-0.25, -0.2) is 4.98 Å². The minimum atomic E-state index is 0.666. The molecule has 0 amide bonds. The molecule has 66 valence electrons. The van der Waals surface area contributed by atoms with E-state index in [-0.39, 0.29) is 0 Å². The number of hydrogen-bond donors (Lipinski definition) is 0. The summed E-state index contributed by atoms with van der Waals surface area (Å²) in [6.07, 6.45) is 3.16. The van der Waals surface area contributed by atoms with Crippen molar-refractivity contribution in [3.8, 4) is 0 Å². The first-order valence-corrected chi connectivity index (χ1v) is 5.25. The van der Waals surface area contributed by atoms with Crippen LogP contribution in [0, 0.1) is 0 Å².